The minimum atomic E-state index is -0.998. The van der Waals surface area contributed by atoms with Crippen molar-refractivity contribution in [3.8, 4) is 0 Å². The second-order valence-electron chi connectivity index (χ2n) is 5.83. The molecule has 0 atom stereocenters. The Hall–Kier alpha value is -3.35. The van der Waals surface area contributed by atoms with Gasteiger partial charge < -0.3 is 20.6 Å². The molecule has 0 saturated heterocycles. The third-order valence-corrected chi connectivity index (χ3v) is 4.11. The summed E-state index contributed by atoms with van der Waals surface area (Å²) in [6, 6.07) is 12.7. The lowest BCUT2D eigenvalue weighted by Crippen LogP contribution is -2.33. The van der Waals surface area contributed by atoms with Gasteiger partial charge >= 0.3 is 12.0 Å². The second-order valence-corrected chi connectivity index (χ2v) is 5.83. The number of nitrogens with zero attached hydrogens (tertiary/aromatic N) is 1. The molecule has 0 saturated carbocycles. The first-order chi connectivity index (χ1) is 13.0. The number of amides is 3. The molecule has 0 radical (unpaired) electrons. The van der Waals surface area contributed by atoms with Gasteiger partial charge in [-0.1, -0.05) is 24.3 Å². The van der Waals surface area contributed by atoms with Gasteiger partial charge in [-0.25, -0.2) is 9.59 Å². The molecule has 0 aliphatic carbocycles. The normalized spacial score (nSPS) is 10.1. The topological polar surface area (TPSA) is 98.7 Å². The third kappa shape index (κ3) is 5.31. The zero-order valence-electron chi connectivity index (χ0n) is 15.4. The van der Waals surface area contributed by atoms with E-state index in [1.165, 1.54) is 12.1 Å². The van der Waals surface area contributed by atoms with Gasteiger partial charge in [-0.05, 0) is 43.7 Å². The molecule has 0 aliphatic rings. The van der Waals surface area contributed by atoms with Crippen LogP contribution >= 0.6 is 0 Å². The van der Waals surface area contributed by atoms with E-state index in [1.54, 1.807) is 41.3 Å². The fourth-order valence-electron chi connectivity index (χ4n) is 2.57. The van der Waals surface area contributed by atoms with Gasteiger partial charge in [0.25, 0.3) is 5.91 Å². The molecule has 3 N–H and O–H groups in total. The van der Waals surface area contributed by atoms with Crippen LogP contribution in [0.5, 0.6) is 0 Å². The molecule has 0 aromatic heterocycles. The Balaban J connectivity index is 2.01. The molecule has 2 aromatic carbocycles. The summed E-state index contributed by atoms with van der Waals surface area (Å²) < 4.78 is 0. The number of carboxylic acid groups (broad SMARTS) is 1. The van der Waals surface area contributed by atoms with Gasteiger partial charge in [-0.15, -0.1) is 0 Å². The van der Waals surface area contributed by atoms with Crippen molar-refractivity contribution in [3.63, 3.8) is 0 Å². The van der Waals surface area contributed by atoms with Crippen molar-refractivity contribution in [3.05, 3.63) is 65.2 Å². The van der Waals surface area contributed by atoms with Gasteiger partial charge in [-0.3, -0.25) is 4.79 Å². The molecule has 0 unspecified atom stereocenters. The molecule has 0 bridgehead atoms. The van der Waals surface area contributed by atoms with Crippen molar-refractivity contribution >= 4 is 23.6 Å². The van der Waals surface area contributed by atoms with Crippen LogP contribution in [-0.4, -0.2) is 41.0 Å². The molecular formula is C20H23N3O4. The molecule has 2 aromatic rings. The molecule has 3 amide bonds. The molecule has 2 rings (SSSR count). The van der Waals surface area contributed by atoms with E-state index in [1.807, 2.05) is 13.8 Å². The fraction of sp³-hybridized carbons (Fsp3) is 0.250. The Morgan fingerprint density at radius 2 is 1.59 bits per heavy atom. The van der Waals surface area contributed by atoms with Crippen LogP contribution in [0, 0.1) is 0 Å². The van der Waals surface area contributed by atoms with E-state index >= 15 is 0 Å². The SMILES string of the molecule is CCN(CC)C(=O)c1ccccc1NC(=O)NCc1ccc(C(=O)O)cc1. The van der Waals surface area contributed by atoms with Crippen LogP contribution in [0.2, 0.25) is 0 Å². The Bertz CT molecular complexity index is 814. The van der Waals surface area contributed by atoms with E-state index in [-0.39, 0.29) is 18.0 Å². The van der Waals surface area contributed by atoms with Gasteiger partial charge in [0.05, 0.1) is 16.8 Å². The number of aromatic carboxylic acids is 1. The predicted molar refractivity (Wildman–Crippen MR) is 103 cm³/mol. The summed E-state index contributed by atoms with van der Waals surface area (Å²) in [5, 5.41) is 14.3. The van der Waals surface area contributed by atoms with E-state index in [0.29, 0.717) is 24.3 Å². The van der Waals surface area contributed by atoms with Gasteiger partial charge in [0.2, 0.25) is 0 Å². The number of para-hydroxylation sites is 1. The number of benzene rings is 2. The van der Waals surface area contributed by atoms with Crippen molar-refractivity contribution in [2.45, 2.75) is 20.4 Å². The molecule has 7 nitrogen and oxygen atoms in total. The zero-order valence-corrected chi connectivity index (χ0v) is 15.4. The lowest BCUT2D eigenvalue weighted by Gasteiger charge is -2.20. The van der Waals surface area contributed by atoms with Crippen molar-refractivity contribution in [2.75, 3.05) is 18.4 Å². The fourth-order valence-corrected chi connectivity index (χ4v) is 2.57. The Kier molecular flexibility index (Phi) is 6.93. The molecule has 0 fully saturated rings. The number of urea groups is 1. The van der Waals surface area contributed by atoms with Crippen LogP contribution in [-0.2, 0) is 6.54 Å². The predicted octanol–water partition coefficient (Wildman–Crippen LogP) is 3.19. The summed E-state index contributed by atoms with van der Waals surface area (Å²) in [5.74, 6) is -1.14. The van der Waals surface area contributed by atoms with E-state index in [4.69, 9.17) is 5.11 Å². The first-order valence-electron chi connectivity index (χ1n) is 8.71. The number of carboxylic acids is 1. The molecule has 142 valence electrons. The Labute approximate surface area is 158 Å². The van der Waals surface area contributed by atoms with E-state index in [9.17, 15) is 14.4 Å². The first-order valence-corrected chi connectivity index (χ1v) is 8.71. The maximum atomic E-state index is 12.6. The van der Waals surface area contributed by atoms with Gasteiger partial charge in [0, 0.05) is 19.6 Å². The molecule has 27 heavy (non-hydrogen) atoms. The van der Waals surface area contributed by atoms with Crippen LogP contribution < -0.4 is 10.6 Å². The van der Waals surface area contributed by atoms with Crippen LogP contribution in [0.1, 0.15) is 40.1 Å². The standard InChI is InChI=1S/C20H23N3O4/c1-3-23(4-2)18(24)16-7-5-6-8-17(16)22-20(27)21-13-14-9-11-15(12-10-14)19(25)26/h5-12H,3-4,13H2,1-2H3,(H,25,26)(H2,21,22,27). The average molecular weight is 369 g/mol. The largest absolute Gasteiger partial charge is 0.478 e. The lowest BCUT2D eigenvalue weighted by molar-refractivity contribution is 0.0695. The van der Waals surface area contributed by atoms with E-state index in [0.717, 1.165) is 5.56 Å². The number of nitrogens with one attached hydrogen (secondary N) is 2. The highest BCUT2D eigenvalue weighted by molar-refractivity contribution is 6.03. The number of carbonyl (C=O) groups is 3. The van der Waals surface area contributed by atoms with Gasteiger partial charge in [0.1, 0.15) is 0 Å². The maximum absolute atomic E-state index is 12.6. The molecular weight excluding hydrogens is 346 g/mol. The van der Waals surface area contributed by atoms with Gasteiger partial charge in [0.15, 0.2) is 0 Å². The minimum Gasteiger partial charge on any atom is -0.478 e. The third-order valence-electron chi connectivity index (χ3n) is 4.11. The first kappa shape index (κ1) is 20.0. The summed E-state index contributed by atoms with van der Waals surface area (Å²) in [4.78, 5) is 37.3. The monoisotopic (exact) mass is 369 g/mol. The number of hydrogen-bond acceptors (Lipinski definition) is 3. The summed E-state index contributed by atoms with van der Waals surface area (Å²) in [6.45, 7) is 5.21. The lowest BCUT2D eigenvalue weighted by atomic mass is 10.1. The van der Waals surface area contributed by atoms with Crippen molar-refractivity contribution in [1.29, 1.82) is 0 Å². The number of carbonyl (C=O) groups excluding carboxylic acids is 2. The highest BCUT2D eigenvalue weighted by Gasteiger charge is 2.17. The van der Waals surface area contributed by atoms with Crippen LogP contribution in [0.15, 0.2) is 48.5 Å². The number of anilines is 1. The smallest absolute Gasteiger partial charge is 0.335 e. The highest BCUT2D eigenvalue weighted by atomic mass is 16.4. The maximum Gasteiger partial charge on any atom is 0.335 e. The van der Waals surface area contributed by atoms with Crippen molar-refractivity contribution in [2.24, 2.45) is 0 Å². The summed E-state index contributed by atoms with van der Waals surface area (Å²) in [6.07, 6.45) is 0. The summed E-state index contributed by atoms with van der Waals surface area (Å²) in [5.41, 5.74) is 1.82. The Morgan fingerprint density at radius 3 is 2.19 bits per heavy atom. The number of hydrogen-bond donors (Lipinski definition) is 3. The molecule has 0 heterocycles. The van der Waals surface area contributed by atoms with Crippen LogP contribution in [0.4, 0.5) is 10.5 Å². The number of rotatable bonds is 7. The highest BCUT2D eigenvalue weighted by Crippen LogP contribution is 2.17. The van der Waals surface area contributed by atoms with Crippen molar-refractivity contribution in [1.82, 2.24) is 10.2 Å². The molecule has 0 aliphatic heterocycles. The minimum absolute atomic E-state index is 0.139. The quantitative estimate of drug-likeness (QED) is 0.698. The summed E-state index contributed by atoms with van der Waals surface area (Å²) >= 11 is 0. The molecule has 0 spiro atoms. The summed E-state index contributed by atoms with van der Waals surface area (Å²) in [7, 11) is 0. The van der Waals surface area contributed by atoms with E-state index < -0.39 is 12.0 Å². The molecule has 7 heteroatoms. The van der Waals surface area contributed by atoms with E-state index in [2.05, 4.69) is 10.6 Å². The van der Waals surface area contributed by atoms with Crippen LogP contribution in [0.3, 0.4) is 0 Å². The zero-order chi connectivity index (χ0) is 19.8. The second kappa shape index (κ2) is 9.38. The Morgan fingerprint density at radius 1 is 0.963 bits per heavy atom. The van der Waals surface area contributed by atoms with Crippen LogP contribution in [0.25, 0.3) is 0 Å². The average Bonchev–Trinajstić information content (AvgIpc) is 2.68. The van der Waals surface area contributed by atoms with Crippen molar-refractivity contribution < 1.29 is 19.5 Å². The van der Waals surface area contributed by atoms with Gasteiger partial charge in [-0.2, -0.15) is 0 Å².